The van der Waals surface area contributed by atoms with E-state index < -0.39 is 0 Å². The lowest BCUT2D eigenvalue weighted by molar-refractivity contribution is -0.118. The van der Waals surface area contributed by atoms with Crippen molar-refractivity contribution in [2.45, 2.75) is 80.1 Å². The minimum absolute atomic E-state index is 0.164. The molecule has 0 unspecified atom stereocenters. The van der Waals surface area contributed by atoms with Crippen LogP contribution in [0.15, 0.2) is 36.4 Å². The number of hydrogen-bond donors (Lipinski definition) is 2. The lowest BCUT2D eigenvalue weighted by Gasteiger charge is -2.13. The molecule has 2 aliphatic rings. The smallest absolute Gasteiger partial charge is 0.227 e. The second kappa shape index (κ2) is 11.2. The molecule has 4 atom stereocenters. The van der Waals surface area contributed by atoms with Crippen molar-refractivity contribution in [3.8, 4) is 11.1 Å². The molecule has 4 heteroatoms. The summed E-state index contributed by atoms with van der Waals surface area (Å²) in [5.74, 6) is 3.19. The summed E-state index contributed by atoms with van der Waals surface area (Å²) in [5, 5.41) is 6.32. The zero-order valence-electron chi connectivity index (χ0n) is 23.0. The maximum Gasteiger partial charge on any atom is 0.227 e. The van der Waals surface area contributed by atoms with Crippen molar-refractivity contribution in [2.24, 2.45) is 35.5 Å². The van der Waals surface area contributed by atoms with Gasteiger partial charge in [-0.05, 0) is 110 Å². The van der Waals surface area contributed by atoms with Gasteiger partial charge in [0, 0.05) is 23.2 Å². The quantitative estimate of drug-likeness (QED) is 0.337. The van der Waals surface area contributed by atoms with Crippen LogP contribution in [0.4, 0.5) is 11.4 Å². The molecule has 2 fully saturated rings. The van der Waals surface area contributed by atoms with E-state index in [0.717, 1.165) is 59.3 Å². The summed E-state index contributed by atoms with van der Waals surface area (Å²) in [6, 6.07) is 12.4. The highest BCUT2D eigenvalue weighted by Gasteiger charge is 2.43. The zero-order valence-corrected chi connectivity index (χ0v) is 23.0. The van der Waals surface area contributed by atoms with E-state index in [-0.39, 0.29) is 23.7 Å². The molecular formula is C32H44N2O2. The van der Waals surface area contributed by atoms with Crippen LogP contribution in [-0.4, -0.2) is 11.8 Å². The number of benzene rings is 2. The first-order chi connectivity index (χ1) is 17.1. The molecule has 0 aromatic heterocycles. The maximum atomic E-state index is 12.7. The van der Waals surface area contributed by atoms with Gasteiger partial charge in [0.05, 0.1) is 0 Å². The van der Waals surface area contributed by atoms with Crippen molar-refractivity contribution in [2.75, 3.05) is 10.6 Å². The fourth-order valence-electron chi connectivity index (χ4n) is 5.29. The Morgan fingerprint density at radius 3 is 1.44 bits per heavy atom. The maximum absolute atomic E-state index is 12.7. The largest absolute Gasteiger partial charge is 0.326 e. The van der Waals surface area contributed by atoms with Crippen LogP contribution in [0.1, 0.15) is 77.3 Å². The third-order valence-electron chi connectivity index (χ3n) is 8.05. The average Bonchev–Trinajstić information content (AvgIpc) is 3.73. The van der Waals surface area contributed by atoms with Gasteiger partial charge in [0.25, 0.3) is 0 Å². The van der Waals surface area contributed by atoms with Gasteiger partial charge in [-0.3, -0.25) is 9.59 Å². The van der Waals surface area contributed by atoms with Crippen molar-refractivity contribution < 1.29 is 9.59 Å². The third kappa shape index (κ3) is 6.78. The van der Waals surface area contributed by atoms with Crippen LogP contribution in [-0.2, 0) is 9.59 Å². The molecule has 194 valence electrons. The highest BCUT2D eigenvalue weighted by Crippen LogP contribution is 2.44. The number of aryl methyl sites for hydroxylation is 2. The molecular weight excluding hydrogens is 444 g/mol. The minimum atomic E-state index is 0.164. The summed E-state index contributed by atoms with van der Waals surface area (Å²) >= 11 is 0. The Morgan fingerprint density at radius 2 is 1.11 bits per heavy atom. The highest BCUT2D eigenvalue weighted by molar-refractivity contribution is 5.96. The number of hydrogen-bond acceptors (Lipinski definition) is 2. The third-order valence-corrected chi connectivity index (χ3v) is 8.05. The predicted molar refractivity (Wildman–Crippen MR) is 150 cm³/mol. The second-order valence-electron chi connectivity index (χ2n) is 12.2. The summed E-state index contributed by atoms with van der Waals surface area (Å²) in [6.45, 7) is 13.1. The zero-order chi connectivity index (χ0) is 26.0. The summed E-state index contributed by atoms with van der Waals surface area (Å²) < 4.78 is 0. The molecule has 2 N–H and O–H groups in total. The molecule has 2 aromatic rings. The van der Waals surface area contributed by atoms with E-state index in [1.165, 1.54) is 12.8 Å². The fourth-order valence-corrected chi connectivity index (χ4v) is 5.29. The molecule has 0 radical (unpaired) electrons. The Bertz CT molecular complexity index is 1020. The van der Waals surface area contributed by atoms with E-state index in [2.05, 4.69) is 76.4 Å². The molecule has 36 heavy (non-hydrogen) atoms. The van der Waals surface area contributed by atoms with Crippen LogP contribution >= 0.6 is 0 Å². The number of amides is 2. The normalized spacial score (nSPS) is 22.6. The van der Waals surface area contributed by atoms with E-state index in [4.69, 9.17) is 0 Å². The van der Waals surface area contributed by atoms with E-state index in [1.807, 2.05) is 12.1 Å². The van der Waals surface area contributed by atoms with E-state index in [9.17, 15) is 9.59 Å². The highest BCUT2D eigenvalue weighted by atomic mass is 16.2. The van der Waals surface area contributed by atoms with E-state index in [0.29, 0.717) is 23.7 Å². The monoisotopic (exact) mass is 488 g/mol. The minimum Gasteiger partial charge on any atom is -0.326 e. The van der Waals surface area contributed by atoms with Crippen LogP contribution in [0, 0.1) is 49.4 Å². The average molecular weight is 489 g/mol. The van der Waals surface area contributed by atoms with Gasteiger partial charge in [-0.15, -0.1) is 0 Å². The van der Waals surface area contributed by atoms with Crippen LogP contribution in [0.5, 0.6) is 0 Å². The van der Waals surface area contributed by atoms with Crippen molar-refractivity contribution in [1.82, 2.24) is 0 Å². The molecule has 2 aromatic carbocycles. The summed E-state index contributed by atoms with van der Waals surface area (Å²) in [7, 11) is 0. The van der Waals surface area contributed by atoms with Crippen molar-refractivity contribution >= 4 is 23.2 Å². The number of carbonyl (C=O) groups is 2. The number of nitrogens with one attached hydrogen (secondary N) is 2. The standard InChI is InChI=1S/C32H44N2O2/c1-19(2)7-9-25-17-27(25)31(35)33-29-13-11-23(15-21(29)5)24-12-14-30(22(6)16-24)34-32(36)28-18-26(28)10-8-20(3)4/h11-16,19-20,25-28H,7-10,17-18H2,1-6H3,(H,33,35)(H,34,36)/t25-,26+,27-,28-/m1/s1. The topological polar surface area (TPSA) is 58.2 Å². The first-order valence-corrected chi connectivity index (χ1v) is 14.0. The van der Waals surface area contributed by atoms with Crippen molar-refractivity contribution in [1.29, 1.82) is 0 Å². The number of carbonyl (C=O) groups excluding carboxylic acids is 2. The van der Waals surface area contributed by atoms with E-state index >= 15 is 0 Å². The molecule has 4 rings (SSSR count). The van der Waals surface area contributed by atoms with Crippen LogP contribution in [0.3, 0.4) is 0 Å². The first-order valence-electron chi connectivity index (χ1n) is 14.0. The van der Waals surface area contributed by atoms with Gasteiger partial charge in [0.15, 0.2) is 0 Å². The lowest BCUT2D eigenvalue weighted by Crippen LogP contribution is -2.16. The fraction of sp³-hybridized carbons (Fsp3) is 0.562. The van der Waals surface area contributed by atoms with Crippen molar-refractivity contribution in [3.63, 3.8) is 0 Å². The Labute approximate surface area is 217 Å². The molecule has 2 amide bonds. The summed E-state index contributed by atoms with van der Waals surface area (Å²) in [6.07, 6.45) is 6.76. The van der Waals surface area contributed by atoms with Crippen molar-refractivity contribution in [3.05, 3.63) is 47.5 Å². The Kier molecular flexibility index (Phi) is 8.22. The summed E-state index contributed by atoms with van der Waals surface area (Å²) in [5.41, 5.74) is 6.16. The van der Waals surface area contributed by atoms with Crippen LogP contribution in [0.25, 0.3) is 11.1 Å². The molecule has 0 bridgehead atoms. The van der Waals surface area contributed by atoms with Gasteiger partial charge in [-0.25, -0.2) is 0 Å². The molecule has 0 aliphatic heterocycles. The molecule has 2 saturated carbocycles. The van der Waals surface area contributed by atoms with Crippen LogP contribution in [0.2, 0.25) is 0 Å². The molecule has 0 spiro atoms. The van der Waals surface area contributed by atoms with E-state index in [1.54, 1.807) is 0 Å². The summed E-state index contributed by atoms with van der Waals surface area (Å²) in [4.78, 5) is 25.4. The predicted octanol–water partition coefficient (Wildman–Crippen LogP) is 7.99. The van der Waals surface area contributed by atoms with Gasteiger partial charge in [-0.1, -0.05) is 52.7 Å². The number of anilines is 2. The molecule has 0 heterocycles. The second-order valence-corrected chi connectivity index (χ2v) is 12.2. The number of rotatable bonds is 11. The molecule has 0 saturated heterocycles. The van der Waals surface area contributed by atoms with Gasteiger partial charge >= 0.3 is 0 Å². The SMILES string of the molecule is Cc1cc(-c2ccc(NC(=O)[C@@H]3C[C@@H]3CCC(C)C)c(C)c2)ccc1NC(=O)[C@@H]1C[C@H]1CCC(C)C. The Morgan fingerprint density at radius 1 is 0.722 bits per heavy atom. The van der Waals surface area contributed by atoms with Gasteiger partial charge in [0.1, 0.15) is 0 Å². The molecule has 4 nitrogen and oxygen atoms in total. The van der Waals surface area contributed by atoms with Crippen LogP contribution < -0.4 is 10.6 Å². The Balaban J connectivity index is 1.33. The lowest BCUT2D eigenvalue weighted by atomic mass is 9.99. The van der Waals surface area contributed by atoms with Gasteiger partial charge in [-0.2, -0.15) is 0 Å². The van der Waals surface area contributed by atoms with Gasteiger partial charge < -0.3 is 10.6 Å². The molecule has 2 aliphatic carbocycles. The van der Waals surface area contributed by atoms with Gasteiger partial charge in [0.2, 0.25) is 11.8 Å². The Hall–Kier alpha value is -2.62. The first kappa shape index (κ1) is 26.4.